The zero-order chi connectivity index (χ0) is 14.8. The van der Waals surface area contributed by atoms with E-state index in [9.17, 15) is 4.79 Å². The zero-order valence-electron chi connectivity index (χ0n) is 12.5. The average molecular weight is 287 g/mol. The number of amides is 1. The van der Waals surface area contributed by atoms with Gasteiger partial charge in [-0.05, 0) is 25.3 Å². The number of carbonyl (C=O) groups excluding carboxylic acids is 1. The van der Waals surface area contributed by atoms with E-state index in [4.69, 9.17) is 0 Å². The Kier molecular flexibility index (Phi) is 3.77. The Labute approximate surface area is 124 Å². The minimum Gasteiger partial charge on any atom is -0.352 e. The lowest BCUT2D eigenvalue weighted by molar-refractivity contribution is -0.122. The van der Waals surface area contributed by atoms with E-state index in [1.165, 1.54) is 0 Å². The summed E-state index contributed by atoms with van der Waals surface area (Å²) in [6.45, 7) is 2.83. The third-order valence-electron chi connectivity index (χ3n) is 3.88. The molecular formula is C15H21N5O. The largest absolute Gasteiger partial charge is 0.352 e. The predicted molar refractivity (Wildman–Crippen MR) is 78.7 cm³/mol. The number of imidazole rings is 1. The van der Waals surface area contributed by atoms with Crippen LogP contribution in [0.15, 0.2) is 18.6 Å². The molecule has 3 rings (SSSR count). The molecule has 6 nitrogen and oxygen atoms in total. The van der Waals surface area contributed by atoms with Gasteiger partial charge in [-0.3, -0.25) is 9.48 Å². The van der Waals surface area contributed by atoms with Crippen LogP contribution in [0, 0.1) is 6.92 Å². The summed E-state index contributed by atoms with van der Waals surface area (Å²) in [6, 6.07) is 0.215. The predicted octanol–water partition coefficient (Wildman–Crippen LogP) is 0.989. The normalized spacial score (nSPS) is 17.5. The van der Waals surface area contributed by atoms with Gasteiger partial charge in [0.05, 0.1) is 11.9 Å². The van der Waals surface area contributed by atoms with Crippen molar-refractivity contribution < 1.29 is 4.79 Å². The first kappa shape index (κ1) is 13.9. The first-order valence-electron chi connectivity index (χ1n) is 7.39. The van der Waals surface area contributed by atoms with E-state index >= 15 is 0 Å². The molecule has 112 valence electrons. The van der Waals surface area contributed by atoms with E-state index < -0.39 is 0 Å². The smallest absolute Gasteiger partial charge is 0.220 e. The Morgan fingerprint density at radius 2 is 2.33 bits per heavy atom. The fraction of sp³-hybridized carbons (Fsp3) is 0.533. The van der Waals surface area contributed by atoms with Crippen molar-refractivity contribution in [1.82, 2.24) is 24.6 Å². The molecule has 6 heteroatoms. The molecule has 0 saturated heterocycles. The van der Waals surface area contributed by atoms with Crippen LogP contribution in [0.2, 0.25) is 0 Å². The number of carbonyl (C=O) groups is 1. The van der Waals surface area contributed by atoms with Crippen molar-refractivity contribution in [2.45, 2.75) is 45.2 Å². The molecule has 0 aromatic carbocycles. The quantitative estimate of drug-likeness (QED) is 0.912. The summed E-state index contributed by atoms with van der Waals surface area (Å²) in [7, 11) is 1.89. The summed E-state index contributed by atoms with van der Waals surface area (Å²) in [5.74, 6) is 1.25. The Balaban J connectivity index is 1.49. The standard InChI is InChI=1S/C15H21N5O/c1-11-8-20-10-13(4-5-14(20)17-11)18-15(21)6-3-12-7-16-19(2)9-12/h7-9,13H,3-6,10H2,1-2H3,(H,18,21)/t13-/m0/s1. The minimum absolute atomic E-state index is 0.115. The van der Waals surface area contributed by atoms with Crippen LogP contribution in [0.5, 0.6) is 0 Å². The molecule has 1 atom stereocenters. The van der Waals surface area contributed by atoms with Gasteiger partial charge in [0.25, 0.3) is 0 Å². The van der Waals surface area contributed by atoms with E-state index in [1.807, 2.05) is 26.4 Å². The van der Waals surface area contributed by atoms with Gasteiger partial charge in [0.15, 0.2) is 0 Å². The van der Waals surface area contributed by atoms with E-state index in [2.05, 4.69) is 26.2 Å². The summed E-state index contributed by atoms with van der Waals surface area (Å²) in [5, 5.41) is 7.24. The third kappa shape index (κ3) is 3.32. The molecular weight excluding hydrogens is 266 g/mol. The summed E-state index contributed by atoms with van der Waals surface area (Å²) >= 11 is 0. The molecule has 0 radical (unpaired) electrons. The molecule has 0 saturated carbocycles. The monoisotopic (exact) mass is 287 g/mol. The molecule has 0 bridgehead atoms. The van der Waals surface area contributed by atoms with Gasteiger partial charge in [-0.1, -0.05) is 0 Å². The second kappa shape index (κ2) is 5.71. The number of rotatable bonds is 4. The molecule has 1 aliphatic rings. The van der Waals surface area contributed by atoms with Crippen molar-refractivity contribution in [3.8, 4) is 0 Å². The van der Waals surface area contributed by atoms with Crippen LogP contribution in [0.3, 0.4) is 0 Å². The van der Waals surface area contributed by atoms with E-state index in [0.717, 1.165) is 42.9 Å². The van der Waals surface area contributed by atoms with E-state index in [-0.39, 0.29) is 11.9 Å². The van der Waals surface area contributed by atoms with Gasteiger partial charge in [0.2, 0.25) is 5.91 Å². The number of aromatic nitrogens is 4. The van der Waals surface area contributed by atoms with Crippen molar-refractivity contribution >= 4 is 5.91 Å². The van der Waals surface area contributed by atoms with E-state index in [0.29, 0.717) is 6.42 Å². The highest BCUT2D eigenvalue weighted by Gasteiger charge is 2.21. The number of aryl methyl sites for hydroxylation is 4. The first-order chi connectivity index (χ1) is 10.1. The van der Waals surface area contributed by atoms with Gasteiger partial charge >= 0.3 is 0 Å². The van der Waals surface area contributed by atoms with E-state index in [1.54, 1.807) is 4.68 Å². The van der Waals surface area contributed by atoms with Crippen LogP contribution in [-0.2, 0) is 31.2 Å². The maximum atomic E-state index is 12.0. The molecule has 21 heavy (non-hydrogen) atoms. The summed E-state index contributed by atoms with van der Waals surface area (Å²) < 4.78 is 3.92. The lowest BCUT2D eigenvalue weighted by Crippen LogP contribution is -2.40. The van der Waals surface area contributed by atoms with Crippen molar-refractivity contribution in [2.24, 2.45) is 7.05 Å². The molecule has 1 N–H and O–H groups in total. The molecule has 0 aliphatic carbocycles. The maximum Gasteiger partial charge on any atom is 0.220 e. The van der Waals surface area contributed by atoms with Crippen molar-refractivity contribution in [3.05, 3.63) is 35.7 Å². The van der Waals surface area contributed by atoms with Crippen LogP contribution < -0.4 is 5.32 Å². The number of nitrogens with zero attached hydrogens (tertiary/aromatic N) is 4. The molecule has 3 heterocycles. The zero-order valence-corrected chi connectivity index (χ0v) is 12.5. The summed E-state index contributed by atoms with van der Waals surface area (Å²) in [6.07, 6.45) is 8.97. The van der Waals surface area contributed by atoms with Crippen molar-refractivity contribution in [2.75, 3.05) is 0 Å². The van der Waals surface area contributed by atoms with Gasteiger partial charge in [0.1, 0.15) is 5.82 Å². The Bertz CT molecular complexity index is 642. The lowest BCUT2D eigenvalue weighted by atomic mass is 10.1. The van der Waals surface area contributed by atoms with Crippen LogP contribution in [0.25, 0.3) is 0 Å². The lowest BCUT2D eigenvalue weighted by Gasteiger charge is -2.24. The summed E-state index contributed by atoms with van der Waals surface area (Å²) in [4.78, 5) is 16.5. The Hall–Kier alpha value is -2.11. The Morgan fingerprint density at radius 1 is 1.48 bits per heavy atom. The van der Waals surface area contributed by atoms with Crippen LogP contribution in [0.1, 0.15) is 29.9 Å². The number of fused-ring (bicyclic) bond motifs is 1. The molecule has 2 aromatic rings. The van der Waals surface area contributed by atoms with Gasteiger partial charge in [-0.25, -0.2) is 4.98 Å². The second-order valence-electron chi connectivity index (χ2n) is 5.78. The minimum atomic E-state index is 0.115. The molecule has 1 amide bonds. The molecule has 0 fully saturated rings. The molecule has 0 spiro atoms. The SMILES string of the molecule is Cc1cn2c(n1)CC[C@H](NC(=O)CCc1cnn(C)c1)C2. The highest BCUT2D eigenvalue weighted by Crippen LogP contribution is 2.15. The second-order valence-corrected chi connectivity index (χ2v) is 5.78. The molecule has 0 unspecified atom stereocenters. The first-order valence-corrected chi connectivity index (χ1v) is 7.39. The van der Waals surface area contributed by atoms with Crippen LogP contribution in [0.4, 0.5) is 0 Å². The highest BCUT2D eigenvalue weighted by atomic mass is 16.1. The molecule has 1 aliphatic heterocycles. The molecule has 2 aromatic heterocycles. The average Bonchev–Trinajstić information content (AvgIpc) is 3.01. The number of nitrogens with one attached hydrogen (secondary N) is 1. The highest BCUT2D eigenvalue weighted by molar-refractivity contribution is 5.76. The van der Waals surface area contributed by atoms with Crippen LogP contribution in [-0.4, -0.2) is 31.3 Å². The van der Waals surface area contributed by atoms with Crippen LogP contribution >= 0.6 is 0 Å². The third-order valence-corrected chi connectivity index (χ3v) is 3.88. The van der Waals surface area contributed by atoms with Gasteiger partial charge < -0.3 is 9.88 Å². The maximum absolute atomic E-state index is 12.0. The fourth-order valence-electron chi connectivity index (χ4n) is 2.86. The Morgan fingerprint density at radius 3 is 3.10 bits per heavy atom. The number of hydrogen-bond acceptors (Lipinski definition) is 3. The fourth-order valence-corrected chi connectivity index (χ4v) is 2.86. The summed E-state index contributed by atoms with van der Waals surface area (Å²) in [5.41, 5.74) is 2.15. The van der Waals surface area contributed by atoms with Gasteiger partial charge in [0, 0.05) is 44.9 Å². The topological polar surface area (TPSA) is 64.7 Å². The number of hydrogen-bond donors (Lipinski definition) is 1. The van der Waals surface area contributed by atoms with Crippen molar-refractivity contribution in [1.29, 1.82) is 0 Å². The van der Waals surface area contributed by atoms with Crippen molar-refractivity contribution in [3.63, 3.8) is 0 Å². The van der Waals surface area contributed by atoms with Gasteiger partial charge in [-0.15, -0.1) is 0 Å². The van der Waals surface area contributed by atoms with Gasteiger partial charge in [-0.2, -0.15) is 5.10 Å².